The van der Waals surface area contributed by atoms with Crippen molar-refractivity contribution in [1.82, 2.24) is 50.1 Å². The summed E-state index contributed by atoms with van der Waals surface area (Å²) in [5.41, 5.74) is 10.9. The first kappa shape index (κ1) is 45.3. The number of halogens is 1. The number of furan rings is 1. The number of likely N-dealkylation sites (tertiary alicyclic amines) is 1. The number of rotatable bonds is 18. The molecule has 1 aliphatic heterocycles. The van der Waals surface area contributed by atoms with E-state index in [4.69, 9.17) is 21.8 Å². The summed E-state index contributed by atoms with van der Waals surface area (Å²) in [6.45, 7) is 7.66. The molecule has 1 unspecified atom stereocenters. The zero-order chi connectivity index (χ0) is 46.2. The van der Waals surface area contributed by atoms with Crippen molar-refractivity contribution < 1.29 is 23.9 Å². The zero-order valence-corrected chi connectivity index (χ0v) is 37.1. The first-order valence-electron chi connectivity index (χ1n) is 21.4. The minimum atomic E-state index is -0.685. The van der Waals surface area contributed by atoms with Crippen LogP contribution in [0.5, 0.6) is 0 Å². The average molecular weight is 913 g/mol. The zero-order valence-electron chi connectivity index (χ0n) is 36.3. The quantitative estimate of drug-likeness (QED) is 0.0537. The van der Waals surface area contributed by atoms with E-state index in [2.05, 4.69) is 61.5 Å². The number of pyridine rings is 2. The highest BCUT2D eigenvalue weighted by atomic mass is 35.5. The summed E-state index contributed by atoms with van der Waals surface area (Å²) in [5.74, 6) is 0.631. The maximum atomic E-state index is 13.3. The third-order valence-electron chi connectivity index (χ3n) is 11.0. The number of nitrogens with two attached hydrogens (primary N) is 1. The lowest BCUT2D eigenvalue weighted by molar-refractivity contribution is -0.121. The number of β-amino-alcohol motifs (C(OH)–C–C–N with tert-alkyl or cyclic N) is 1. The van der Waals surface area contributed by atoms with Gasteiger partial charge in [-0.15, -0.1) is 5.10 Å². The molecule has 0 bridgehead atoms. The van der Waals surface area contributed by atoms with Gasteiger partial charge in [-0.2, -0.15) is 19.5 Å². The van der Waals surface area contributed by atoms with Gasteiger partial charge in [-0.3, -0.25) is 29.3 Å². The molecule has 7 aromatic rings. The third-order valence-corrected chi connectivity index (χ3v) is 11.4. The molecule has 19 nitrogen and oxygen atoms in total. The van der Waals surface area contributed by atoms with Crippen LogP contribution in [0.15, 0.2) is 95.9 Å². The Morgan fingerprint density at radius 3 is 2.29 bits per heavy atom. The highest BCUT2D eigenvalue weighted by molar-refractivity contribution is 6.36. The second kappa shape index (κ2) is 20.2. The van der Waals surface area contributed by atoms with Crippen LogP contribution in [-0.2, 0) is 17.9 Å². The Hall–Kier alpha value is -7.32. The number of nitrogens with zero attached hydrogens (tertiary/aromatic N) is 8. The third kappa shape index (κ3) is 11.1. The molecular weight excluding hydrogens is 864 g/mol. The summed E-state index contributed by atoms with van der Waals surface area (Å²) < 4.78 is 6.67. The van der Waals surface area contributed by atoms with Crippen LogP contribution in [0.4, 0.5) is 23.3 Å². The first-order valence-corrected chi connectivity index (χ1v) is 21.8. The fourth-order valence-corrected chi connectivity index (χ4v) is 7.75. The molecule has 0 aliphatic carbocycles. The van der Waals surface area contributed by atoms with Gasteiger partial charge >= 0.3 is 0 Å². The maximum Gasteiger partial charge on any atom is 0.274 e. The van der Waals surface area contributed by atoms with Gasteiger partial charge in [0.15, 0.2) is 5.76 Å². The average Bonchev–Trinajstić information content (AvgIpc) is 4.08. The fourth-order valence-electron chi connectivity index (χ4n) is 7.48. The molecule has 5 aromatic heterocycles. The van der Waals surface area contributed by atoms with Crippen molar-refractivity contribution >= 4 is 58.4 Å². The monoisotopic (exact) mass is 912 g/mol. The Morgan fingerprint density at radius 2 is 1.59 bits per heavy atom. The van der Waals surface area contributed by atoms with Crippen LogP contribution in [0.3, 0.4) is 0 Å². The van der Waals surface area contributed by atoms with Crippen molar-refractivity contribution in [2.45, 2.75) is 51.8 Å². The highest BCUT2D eigenvalue weighted by Gasteiger charge is 2.31. The number of aliphatic hydroxyl groups is 1. The van der Waals surface area contributed by atoms with E-state index in [1.807, 2.05) is 44.2 Å². The molecule has 1 aliphatic rings. The van der Waals surface area contributed by atoms with Gasteiger partial charge in [0.2, 0.25) is 23.6 Å². The molecule has 0 saturated carbocycles. The predicted molar refractivity (Wildman–Crippen MR) is 250 cm³/mol. The van der Waals surface area contributed by atoms with E-state index in [0.717, 1.165) is 35.2 Å². The number of nitrogens with one attached hydrogen (secondary N) is 5. The highest BCUT2D eigenvalue weighted by Crippen LogP contribution is 2.37. The SMILES string of the molecule is Cc1c(NC(=O)c2ccc(CNCCNC(=O)CCCNc3nc(N)n4nc(-c5ccco5)nc4n3)cn2)cccc1-c1cccc(NC(=O)c2ccc(CN3CCC(C)(O)C3)cn2)c1Cl. The number of anilines is 4. The van der Waals surface area contributed by atoms with Gasteiger partial charge in [-0.05, 0) is 85.3 Å². The number of carbonyl (C=O) groups is 3. The Kier molecular flexibility index (Phi) is 13.9. The van der Waals surface area contributed by atoms with Crippen LogP contribution in [0.2, 0.25) is 5.02 Å². The molecule has 0 radical (unpaired) electrons. The summed E-state index contributed by atoms with van der Waals surface area (Å²) in [7, 11) is 0. The molecule has 0 spiro atoms. The number of hydrogen-bond acceptors (Lipinski definition) is 15. The molecule has 1 atom stereocenters. The normalized spacial score (nSPS) is 14.9. The van der Waals surface area contributed by atoms with Crippen molar-refractivity contribution in [3.05, 3.63) is 125 Å². The number of nitrogen functional groups attached to an aromatic ring is 1. The van der Waals surface area contributed by atoms with E-state index in [1.54, 1.807) is 54.9 Å². The van der Waals surface area contributed by atoms with E-state index in [-0.39, 0.29) is 40.9 Å². The number of hydrogen-bond donors (Lipinski definition) is 7. The number of aromatic nitrogens is 7. The van der Waals surface area contributed by atoms with Gasteiger partial charge < -0.3 is 41.8 Å². The molecule has 1 saturated heterocycles. The largest absolute Gasteiger partial charge is 0.461 e. The Balaban J connectivity index is 0.758. The molecule has 3 amide bonds. The number of carbonyl (C=O) groups excluding carboxylic acids is 3. The van der Waals surface area contributed by atoms with E-state index in [0.29, 0.717) is 85.7 Å². The van der Waals surface area contributed by atoms with Crippen molar-refractivity contribution in [3.8, 4) is 22.7 Å². The van der Waals surface area contributed by atoms with Gasteiger partial charge in [-0.25, -0.2) is 0 Å². The minimum absolute atomic E-state index is 0.0877. The molecule has 8 rings (SSSR count). The molecule has 66 heavy (non-hydrogen) atoms. The lowest BCUT2D eigenvalue weighted by Crippen LogP contribution is -2.31. The molecule has 20 heteroatoms. The summed E-state index contributed by atoms with van der Waals surface area (Å²) >= 11 is 6.90. The standard InChI is InChI=1S/C46H49ClN14O5/c1-28-31(32-8-4-10-34(39(32)47)55-42(64)36-16-14-30(25-53-36)26-60-21-17-46(2,65)27-60)7-3-9-33(28)54-41(63)35-15-13-29(24-52-35)23-49-19-20-50-38(62)12-5-18-51-44-57-43(48)61-45(58-44)56-40(59-61)37-11-6-22-66-37/h3-4,6-11,13-16,22,24-25,49,65H,5,12,17-21,23,26-27H2,1-2H3,(H,50,62)(H,54,63)(H,55,64)(H3,48,51,56,57,58,59). The van der Waals surface area contributed by atoms with Gasteiger partial charge in [0.1, 0.15) is 11.4 Å². The lowest BCUT2D eigenvalue weighted by atomic mass is 9.98. The maximum absolute atomic E-state index is 13.3. The van der Waals surface area contributed by atoms with E-state index in [1.165, 1.54) is 10.8 Å². The minimum Gasteiger partial charge on any atom is -0.461 e. The van der Waals surface area contributed by atoms with Crippen molar-refractivity contribution in [2.24, 2.45) is 0 Å². The fraction of sp³-hybridized carbons (Fsp3) is 0.283. The van der Waals surface area contributed by atoms with Crippen LogP contribution >= 0.6 is 11.6 Å². The van der Waals surface area contributed by atoms with E-state index in [9.17, 15) is 19.5 Å². The van der Waals surface area contributed by atoms with Crippen LogP contribution in [0.25, 0.3) is 28.5 Å². The second-order valence-electron chi connectivity index (χ2n) is 16.2. The van der Waals surface area contributed by atoms with Crippen LogP contribution in [0.1, 0.15) is 63.9 Å². The second-order valence-corrected chi connectivity index (χ2v) is 16.6. The van der Waals surface area contributed by atoms with Crippen LogP contribution in [0, 0.1) is 6.92 Å². The smallest absolute Gasteiger partial charge is 0.274 e. The van der Waals surface area contributed by atoms with Gasteiger partial charge in [0.05, 0.1) is 22.6 Å². The van der Waals surface area contributed by atoms with E-state index < -0.39 is 11.5 Å². The first-order chi connectivity index (χ1) is 31.9. The Labute approximate surface area is 384 Å². The summed E-state index contributed by atoms with van der Waals surface area (Å²) in [6.07, 6.45) is 6.41. The van der Waals surface area contributed by atoms with Crippen LogP contribution in [-0.4, -0.2) is 101 Å². The van der Waals surface area contributed by atoms with Crippen molar-refractivity contribution in [2.75, 3.05) is 54.4 Å². The van der Waals surface area contributed by atoms with Gasteiger partial charge in [0, 0.05) is 75.9 Å². The Morgan fingerprint density at radius 1 is 0.864 bits per heavy atom. The number of fused-ring (bicyclic) bond motifs is 1. The molecule has 8 N–H and O–H groups in total. The summed E-state index contributed by atoms with van der Waals surface area (Å²) in [4.78, 5) is 62.8. The number of amides is 3. The molecule has 2 aromatic carbocycles. The van der Waals surface area contributed by atoms with Gasteiger partial charge in [-0.1, -0.05) is 48.0 Å². The van der Waals surface area contributed by atoms with Crippen molar-refractivity contribution in [1.29, 1.82) is 0 Å². The predicted octanol–water partition coefficient (Wildman–Crippen LogP) is 5.34. The van der Waals surface area contributed by atoms with Crippen molar-refractivity contribution in [3.63, 3.8) is 0 Å². The Bertz CT molecular complexity index is 2830. The van der Waals surface area contributed by atoms with Crippen LogP contribution < -0.4 is 32.3 Å². The van der Waals surface area contributed by atoms with Gasteiger partial charge in [0.25, 0.3) is 17.6 Å². The van der Waals surface area contributed by atoms with E-state index >= 15 is 0 Å². The number of benzene rings is 2. The summed E-state index contributed by atoms with van der Waals surface area (Å²) in [5, 5.41) is 30.0. The topological polar surface area (TPSA) is 256 Å². The molecule has 340 valence electrons. The molecule has 1 fully saturated rings. The lowest BCUT2D eigenvalue weighted by Gasteiger charge is -2.18. The molecular formula is C46H49ClN14O5. The summed E-state index contributed by atoms with van der Waals surface area (Å²) in [6, 6.07) is 21.4. The molecule has 6 heterocycles.